The summed E-state index contributed by atoms with van der Waals surface area (Å²) in [6, 6.07) is 9.62. The number of rotatable bonds is 4. The minimum Gasteiger partial charge on any atom is -0.466 e. The molecule has 0 heterocycles. The number of nitrogens with one attached hydrogen (secondary N) is 1. The van der Waals surface area contributed by atoms with Gasteiger partial charge < -0.3 is 10.1 Å². The third-order valence-electron chi connectivity index (χ3n) is 2.91. The van der Waals surface area contributed by atoms with Gasteiger partial charge in [-0.2, -0.15) is 0 Å². The van der Waals surface area contributed by atoms with Crippen molar-refractivity contribution < 1.29 is 14.3 Å². The van der Waals surface area contributed by atoms with E-state index >= 15 is 0 Å². The number of amides is 1. The summed E-state index contributed by atoms with van der Waals surface area (Å²) in [6.07, 6.45) is 0. The second kappa shape index (κ2) is 6.73. The number of esters is 1. The van der Waals surface area contributed by atoms with Crippen LogP contribution in [0.1, 0.15) is 32.3 Å². The van der Waals surface area contributed by atoms with Crippen LogP contribution < -0.4 is 5.32 Å². The van der Waals surface area contributed by atoms with Crippen molar-refractivity contribution in [3.05, 3.63) is 47.2 Å². The summed E-state index contributed by atoms with van der Waals surface area (Å²) in [6.45, 7) is 5.02. The van der Waals surface area contributed by atoms with Crippen LogP contribution in [-0.2, 0) is 14.3 Å². The number of hydrogen-bond acceptors (Lipinski definition) is 3. The Morgan fingerprint density at radius 3 is 2.21 bits per heavy atom. The lowest BCUT2D eigenvalue weighted by atomic mass is 9.91. The Morgan fingerprint density at radius 2 is 1.74 bits per heavy atom. The van der Waals surface area contributed by atoms with E-state index < -0.39 is 5.97 Å². The van der Waals surface area contributed by atoms with Gasteiger partial charge in [-0.1, -0.05) is 37.3 Å². The number of methoxy groups -OCH3 is 1. The van der Waals surface area contributed by atoms with Crippen molar-refractivity contribution in [2.24, 2.45) is 0 Å². The zero-order chi connectivity index (χ0) is 14.4. The smallest absolute Gasteiger partial charge is 0.336 e. The van der Waals surface area contributed by atoms with Gasteiger partial charge in [-0.15, -0.1) is 0 Å². The lowest BCUT2D eigenvalue weighted by molar-refractivity contribution is -0.136. The van der Waals surface area contributed by atoms with Gasteiger partial charge in [0.2, 0.25) is 5.91 Å². The second-order valence-corrected chi connectivity index (χ2v) is 4.34. The normalized spacial score (nSPS) is 13.3. The summed E-state index contributed by atoms with van der Waals surface area (Å²) in [5, 5.41) is 2.65. The zero-order valence-corrected chi connectivity index (χ0v) is 11.7. The van der Waals surface area contributed by atoms with Gasteiger partial charge in [0.15, 0.2) is 0 Å². The summed E-state index contributed by atoms with van der Waals surface area (Å²) in [7, 11) is 1.33. The van der Waals surface area contributed by atoms with E-state index in [1.807, 2.05) is 37.3 Å². The minimum absolute atomic E-state index is 0.152. The van der Waals surface area contributed by atoms with E-state index in [9.17, 15) is 9.59 Å². The van der Waals surface area contributed by atoms with Crippen molar-refractivity contribution in [1.29, 1.82) is 0 Å². The van der Waals surface area contributed by atoms with Crippen molar-refractivity contribution in [2.45, 2.75) is 26.7 Å². The highest BCUT2D eigenvalue weighted by Gasteiger charge is 2.22. The van der Waals surface area contributed by atoms with Crippen molar-refractivity contribution in [3.8, 4) is 0 Å². The van der Waals surface area contributed by atoms with E-state index in [4.69, 9.17) is 4.74 Å². The molecule has 1 N–H and O–H groups in total. The molecule has 0 saturated carbocycles. The van der Waals surface area contributed by atoms with Crippen molar-refractivity contribution in [2.75, 3.05) is 7.11 Å². The predicted octanol–water partition coefficient (Wildman–Crippen LogP) is 2.37. The van der Waals surface area contributed by atoms with E-state index in [-0.39, 0.29) is 11.8 Å². The molecule has 0 saturated heterocycles. The molecule has 102 valence electrons. The van der Waals surface area contributed by atoms with Crippen LogP contribution in [0, 0.1) is 0 Å². The second-order valence-electron chi connectivity index (χ2n) is 4.34. The minimum atomic E-state index is -0.428. The van der Waals surface area contributed by atoms with E-state index in [1.54, 1.807) is 6.92 Å². The third kappa shape index (κ3) is 3.95. The third-order valence-corrected chi connectivity index (χ3v) is 2.91. The molecule has 1 aromatic carbocycles. The molecular formula is C15H19NO3. The summed E-state index contributed by atoms with van der Waals surface area (Å²) in [5.74, 6) is -0.790. The topological polar surface area (TPSA) is 55.4 Å². The number of carbonyl (C=O) groups is 2. The lowest BCUT2D eigenvalue weighted by Gasteiger charge is -2.18. The first-order valence-electron chi connectivity index (χ1n) is 6.09. The molecule has 4 heteroatoms. The van der Waals surface area contributed by atoms with Crippen LogP contribution in [0.4, 0.5) is 0 Å². The SMILES string of the molecule is COC(=O)/C(=C(/C)NC(C)=O)C(C)c1ccccc1. The molecule has 0 radical (unpaired) electrons. The van der Waals surface area contributed by atoms with Crippen molar-refractivity contribution in [3.63, 3.8) is 0 Å². The Morgan fingerprint density at radius 1 is 1.16 bits per heavy atom. The summed E-state index contributed by atoms with van der Waals surface area (Å²) < 4.78 is 4.81. The Labute approximate surface area is 113 Å². The van der Waals surface area contributed by atoms with Crippen LogP contribution in [0.2, 0.25) is 0 Å². The number of hydrogen-bond donors (Lipinski definition) is 1. The number of ether oxygens (including phenoxy) is 1. The predicted molar refractivity (Wildman–Crippen MR) is 73.4 cm³/mol. The lowest BCUT2D eigenvalue weighted by Crippen LogP contribution is -2.24. The molecule has 19 heavy (non-hydrogen) atoms. The fraction of sp³-hybridized carbons (Fsp3) is 0.333. The van der Waals surface area contributed by atoms with Gasteiger partial charge in [0.25, 0.3) is 0 Å². The van der Waals surface area contributed by atoms with Crippen molar-refractivity contribution >= 4 is 11.9 Å². The molecule has 0 bridgehead atoms. The van der Waals surface area contributed by atoms with Crippen LogP contribution >= 0.6 is 0 Å². The molecule has 1 rings (SSSR count). The molecule has 0 aliphatic rings. The molecule has 1 aromatic rings. The van der Waals surface area contributed by atoms with Crippen LogP contribution in [0.5, 0.6) is 0 Å². The quantitative estimate of drug-likeness (QED) is 0.668. The standard InChI is InChI=1S/C15H19NO3/c1-10(13-8-6-5-7-9-13)14(15(18)19-4)11(2)16-12(3)17/h5-10H,1-4H3,(H,16,17)/b14-11-. The molecule has 0 fully saturated rings. The van der Waals surface area contributed by atoms with Crippen LogP contribution in [0.15, 0.2) is 41.6 Å². The first-order valence-corrected chi connectivity index (χ1v) is 6.09. The zero-order valence-electron chi connectivity index (χ0n) is 11.7. The maximum atomic E-state index is 11.9. The van der Waals surface area contributed by atoms with Crippen molar-refractivity contribution in [1.82, 2.24) is 5.32 Å². The fourth-order valence-corrected chi connectivity index (χ4v) is 2.00. The van der Waals surface area contributed by atoms with Crippen LogP contribution in [0.25, 0.3) is 0 Å². The summed E-state index contributed by atoms with van der Waals surface area (Å²) in [5.41, 5.74) is 1.98. The first kappa shape index (κ1) is 15.0. The molecule has 0 aromatic heterocycles. The van der Waals surface area contributed by atoms with Crippen LogP contribution in [-0.4, -0.2) is 19.0 Å². The molecule has 0 aliphatic heterocycles. The highest BCUT2D eigenvalue weighted by Crippen LogP contribution is 2.26. The Kier molecular flexibility index (Phi) is 5.30. The van der Waals surface area contributed by atoms with E-state index in [2.05, 4.69) is 5.32 Å². The molecule has 1 unspecified atom stereocenters. The highest BCUT2D eigenvalue weighted by molar-refractivity contribution is 5.92. The Bertz CT molecular complexity index is 491. The molecule has 4 nitrogen and oxygen atoms in total. The first-order chi connectivity index (χ1) is 8.97. The maximum absolute atomic E-state index is 11.9. The summed E-state index contributed by atoms with van der Waals surface area (Å²) in [4.78, 5) is 23.0. The van der Waals surface area contributed by atoms with Gasteiger partial charge in [0.1, 0.15) is 0 Å². The van der Waals surface area contributed by atoms with Gasteiger partial charge in [-0.3, -0.25) is 4.79 Å². The number of benzene rings is 1. The van der Waals surface area contributed by atoms with Crippen LogP contribution in [0.3, 0.4) is 0 Å². The van der Waals surface area contributed by atoms with E-state index in [1.165, 1.54) is 14.0 Å². The fourth-order valence-electron chi connectivity index (χ4n) is 2.00. The monoisotopic (exact) mass is 261 g/mol. The molecule has 0 spiro atoms. The molecule has 0 aliphatic carbocycles. The van der Waals surface area contributed by atoms with E-state index in [0.29, 0.717) is 11.3 Å². The molecule has 1 atom stereocenters. The number of allylic oxidation sites excluding steroid dienone is 1. The Hall–Kier alpha value is -2.10. The van der Waals surface area contributed by atoms with Gasteiger partial charge in [-0.25, -0.2) is 4.79 Å². The van der Waals surface area contributed by atoms with Gasteiger partial charge in [0.05, 0.1) is 12.7 Å². The average molecular weight is 261 g/mol. The Balaban J connectivity index is 3.18. The maximum Gasteiger partial charge on any atom is 0.336 e. The van der Waals surface area contributed by atoms with Gasteiger partial charge in [0, 0.05) is 18.5 Å². The van der Waals surface area contributed by atoms with Gasteiger partial charge in [-0.05, 0) is 12.5 Å². The van der Waals surface area contributed by atoms with Gasteiger partial charge >= 0.3 is 5.97 Å². The molecule has 1 amide bonds. The average Bonchev–Trinajstić information content (AvgIpc) is 2.38. The molecular weight excluding hydrogens is 242 g/mol. The largest absolute Gasteiger partial charge is 0.466 e. The highest BCUT2D eigenvalue weighted by atomic mass is 16.5. The number of carbonyl (C=O) groups excluding carboxylic acids is 2. The van der Waals surface area contributed by atoms with E-state index in [0.717, 1.165) is 5.56 Å². The summed E-state index contributed by atoms with van der Waals surface area (Å²) >= 11 is 0.